The molecular formula is C21H16ClF3N4OS. The topological polar surface area (TPSA) is 56.7 Å². The van der Waals surface area contributed by atoms with Crippen LogP contribution in [0.4, 0.5) is 13.2 Å². The lowest BCUT2D eigenvalue weighted by Crippen LogP contribution is -2.06. The first kappa shape index (κ1) is 21.5. The van der Waals surface area contributed by atoms with E-state index in [1.54, 1.807) is 18.3 Å². The fourth-order valence-corrected chi connectivity index (χ4v) is 4.08. The Bertz CT molecular complexity index is 1190. The number of hydrogen-bond acceptors (Lipinski definition) is 5. The highest BCUT2D eigenvalue weighted by Crippen LogP contribution is 2.36. The molecule has 0 bridgehead atoms. The number of rotatable bonds is 6. The number of furan rings is 1. The van der Waals surface area contributed by atoms with Crippen LogP contribution in [-0.4, -0.2) is 19.7 Å². The number of benzene rings is 1. The maximum atomic E-state index is 13.2. The van der Waals surface area contributed by atoms with E-state index in [2.05, 4.69) is 15.2 Å². The number of halogens is 4. The molecule has 160 valence electrons. The molecule has 0 spiro atoms. The number of aromatic nitrogens is 4. The van der Waals surface area contributed by atoms with Crippen LogP contribution in [0.1, 0.15) is 22.6 Å². The fourth-order valence-electron chi connectivity index (χ4n) is 2.98. The summed E-state index contributed by atoms with van der Waals surface area (Å²) in [6.45, 7) is 2.22. The second-order valence-corrected chi connectivity index (χ2v) is 8.07. The van der Waals surface area contributed by atoms with Gasteiger partial charge in [-0.1, -0.05) is 35.5 Å². The zero-order valence-corrected chi connectivity index (χ0v) is 17.8. The van der Waals surface area contributed by atoms with E-state index in [0.29, 0.717) is 34.5 Å². The zero-order valence-electron chi connectivity index (χ0n) is 16.2. The van der Waals surface area contributed by atoms with Crippen molar-refractivity contribution >= 4 is 23.4 Å². The van der Waals surface area contributed by atoms with Crippen LogP contribution in [0.25, 0.3) is 11.5 Å². The van der Waals surface area contributed by atoms with Crippen molar-refractivity contribution in [2.75, 3.05) is 0 Å². The maximum absolute atomic E-state index is 13.2. The minimum atomic E-state index is -4.51. The lowest BCUT2D eigenvalue weighted by molar-refractivity contribution is -0.137. The Morgan fingerprint density at radius 2 is 1.94 bits per heavy atom. The molecule has 1 aromatic carbocycles. The van der Waals surface area contributed by atoms with E-state index >= 15 is 0 Å². The first-order chi connectivity index (χ1) is 14.8. The number of alkyl halides is 3. The van der Waals surface area contributed by atoms with Crippen molar-refractivity contribution in [2.45, 2.75) is 30.6 Å². The molecule has 0 saturated heterocycles. The van der Waals surface area contributed by atoms with Gasteiger partial charge in [-0.25, -0.2) is 0 Å². The molecule has 3 heterocycles. The van der Waals surface area contributed by atoms with Crippen molar-refractivity contribution in [1.82, 2.24) is 19.7 Å². The van der Waals surface area contributed by atoms with Gasteiger partial charge in [0.25, 0.3) is 0 Å². The highest BCUT2D eigenvalue weighted by atomic mass is 35.5. The van der Waals surface area contributed by atoms with Crippen molar-refractivity contribution in [3.05, 3.63) is 82.4 Å². The maximum Gasteiger partial charge on any atom is 0.417 e. The number of thioether (sulfide) groups is 1. The molecule has 0 unspecified atom stereocenters. The molecule has 5 nitrogen and oxygen atoms in total. The SMILES string of the molecule is Cc1ccc(Cn2c(SCc3ccc(Cl)c(C(F)(F)F)c3)nnc2-c2ccccn2)o1. The molecule has 0 atom stereocenters. The predicted molar refractivity (Wildman–Crippen MR) is 112 cm³/mol. The first-order valence-electron chi connectivity index (χ1n) is 9.19. The van der Waals surface area contributed by atoms with E-state index in [1.807, 2.05) is 35.8 Å². The van der Waals surface area contributed by atoms with Crippen LogP contribution in [-0.2, 0) is 18.5 Å². The van der Waals surface area contributed by atoms with E-state index in [9.17, 15) is 13.2 Å². The molecule has 0 aliphatic rings. The summed E-state index contributed by atoms with van der Waals surface area (Å²) in [7, 11) is 0. The number of hydrogen-bond donors (Lipinski definition) is 0. The third-order valence-electron chi connectivity index (χ3n) is 4.42. The van der Waals surface area contributed by atoms with E-state index in [-0.39, 0.29) is 10.8 Å². The zero-order chi connectivity index (χ0) is 22.0. The molecule has 0 aliphatic heterocycles. The van der Waals surface area contributed by atoms with Crippen LogP contribution >= 0.6 is 23.4 Å². The summed E-state index contributed by atoms with van der Waals surface area (Å²) in [4.78, 5) is 4.33. The summed E-state index contributed by atoms with van der Waals surface area (Å²) in [5.41, 5.74) is 0.259. The van der Waals surface area contributed by atoms with Crippen LogP contribution in [0.3, 0.4) is 0 Å². The van der Waals surface area contributed by atoms with Gasteiger partial charge in [0.1, 0.15) is 17.2 Å². The molecule has 31 heavy (non-hydrogen) atoms. The van der Waals surface area contributed by atoms with E-state index in [4.69, 9.17) is 16.0 Å². The molecular weight excluding hydrogens is 449 g/mol. The molecule has 3 aromatic heterocycles. The first-order valence-corrected chi connectivity index (χ1v) is 10.6. The van der Waals surface area contributed by atoms with E-state index in [0.717, 1.165) is 11.8 Å². The minimum absolute atomic E-state index is 0.262. The molecule has 0 saturated carbocycles. The quantitative estimate of drug-likeness (QED) is 0.315. The summed E-state index contributed by atoms with van der Waals surface area (Å²) in [6.07, 6.45) is -2.86. The Labute approximate surface area is 185 Å². The Balaban J connectivity index is 1.63. The highest BCUT2D eigenvalue weighted by molar-refractivity contribution is 7.98. The van der Waals surface area contributed by atoms with E-state index in [1.165, 1.54) is 17.8 Å². The fraction of sp³-hybridized carbons (Fsp3) is 0.190. The lowest BCUT2D eigenvalue weighted by Gasteiger charge is -2.11. The third-order valence-corrected chi connectivity index (χ3v) is 5.79. The molecule has 0 amide bonds. The molecule has 0 radical (unpaired) electrons. The minimum Gasteiger partial charge on any atom is -0.464 e. The summed E-state index contributed by atoms with van der Waals surface area (Å²) in [6, 6.07) is 13.1. The molecule has 4 rings (SSSR count). The predicted octanol–water partition coefficient (Wildman–Crippen LogP) is 6.25. The highest BCUT2D eigenvalue weighted by Gasteiger charge is 2.33. The number of pyridine rings is 1. The van der Waals surface area contributed by atoms with Gasteiger partial charge >= 0.3 is 6.18 Å². The van der Waals surface area contributed by atoms with Crippen molar-refractivity contribution in [1.29, 1.82) is 0 Å². The van der Waals surface area contributed by atoms with Crippen LogP contribution in [0, 0.1) is 6.92 Å². The summed E-state index contributed by atoms with van der Waals surface area (Å²) in [5, 5.41) is 8.72. The summed E-state index contributed by atoms with van der Waals surface area (Å²) < 4.78 is 47.0. The smallest absolute Gasteiger partial charge is 0.417 e. The Kier molecular flexibility index (Phi) is 6.06. The summed E-state index contributed by atoms with van der Waals surface area (Å²) in [5.74, 6) is 2.29. The monoisotopic (exact) mass is 464 g/mol. The summed E-state index contributed by atoms with van der Waals surface area (Å²) >= 11 is 6.99. The number of aryl methyl sites for hydroxylation is 1. The van der Waals surface area contributed by atoms with Gasteiger partial charge < -0.3 is 4.42 Å². The Morgan fingerprint density at radius 1 is 1.10 bits per heavy atom. The van der Waals surface area contributed by atoms with Gasteiger partial charge in [-0.2, -0.15) is 13.2 Å². The second-order valence-electron chi connectivity index (χ2n) is 6.72. The standard InChI is InChI=1S/C21H16ClF3N4OS/c1-13-5-7-15(30-13)11-29-19(18-4-2-3-9-26-18)27-28-20(29)31-12-14-6-8-17(22)16(10-14)21(23,24)25/h2-10H,11-12H2,1H3. The number of nitrogens with zero attached hydrogens (tertiary/aromatic N) is 4. The molecule has 0 N–H and O–H groups in total. The lowest BCUT2D eigenvalue weighted by atomic mass is 10.1. The molecule has 10 heteroatoms. The van der Waals surface area contributed by atoms with Gasteiger partial charge in [0, 0.05) is 11.9 Å². The normalized spacial score (nSPS) is 11.8. The van der Waals surface area contributed by atoms with Crippen molar-refractivity contribution < 1.29 is 17.6 Å². The molecule has 0 fully saturated rings. The third kappa shape index (κ3) is 4.94. The van der Waals surface area contributed by atoms with Gasteiger partial charge in [0.05, 0.1) is 17.1 Å². The van der Waals surface area contributed by atoms with Crippen molar-refractivity contribution in [3.8, 4) is 11.5 Å². The average molecular weight is 465 g/mol. The van der Waals surface area contributed by atoms with Crippen molar-refractivity contribution in [3.63, 3.8) is 0 Å². The van der Waals surface area contributed by atoms with Crippen LogP contribution in [0.5, 0.6) is 0 Å². The largest absolute Gasteiger partial charge is 0.464 e. The van der Waals surface area contributed by atoms with Gasteiger partial charge in [-0.3, -0.25) is 9.55 Å². The van der Waals surface area contributed by atoms with Crippen LogP contribution < -0.4 is 0 Å². The van der Waals surface area contributed by atoms with E-state index < -0.39 is 11.7 Å². The van der Waals surface area contributed by atoms with Crippen molar-refractivity contribution in [2.24, 2.45) is 0 Å². The van der Waals surface area contributed by atoms with Gasteiger partial charge in [0.15, 0.2) is 11.0 Å². The van der Waals surface area contributed by atoms with Crippen LogP contribution in [0.15, 0.2) is 64.3 Å². The Morgan fingerprint density at radius 3 is 2.61 bits per heavy atom. The Hall–Kier alpha value is -2.78. The van der Waals surface area contributed by atoms with Gasteiger partial charge in [-0.15, -0.1) is 10.2 Å². The molecule has 4 aromatic rings. The van der Waals surface area contributed by atoms with Gasteiger partial charge in [0.2, 0.25) is 0 Å². The second kappa shape index (κ2) is 8.76. The molecule has 0 aliphatic carbocycles. The average Bonchev–Trinajstić information content (AvgIpc) is 3.33. The van der Waals surface area contributed by atoms with Crippen LogP contribution in [0.2, 0.25) is 5.02 Å². The van der Waals surface area contributed by atoms with Gasteiger partial charge in [-0.05, 0) is 48.9 Å².